The quantitative estimate of drug-likeness (QED) is 0.685. The molecule has 2 rings (SSSR count). The standard InChI is InChI=1S/C15H11ClF2N2O3/c1-8(23-15(22)9-2-5-13(16)19-7-9)14(21)20-12-4-3-10(17)6-11(12)18/h2-8H,1H3,(H,20,21). The van der Waals surface area contributed by atoms with Crippen LogP contribution in [-0.2, 0) is 9.53 Å². The van der Waals surface area contributed by atoms with Crippen molar-refractivity contribution in [3.63, 3.8) is 0 Å². The number of aromatic nitrogens is 1. The molecular formula is C15H11ClF2N2O3. The second kappa shape index (κ2) is 7.15. The monoisotopic (exact) mass is 340 g/mol. The van der Waals surface area contributed by atoms with E-state index >= 15 is 0 Å². The van der Waals surface area contributed by atoms with Crippen molar-refractivity contribution in [2.24, 2.45) is 0 Å². The van der Waals surface area contributed by atoms with Gasteiger partial charge in [0.1, 0.15) is 16.8 Å². The number of halogens is 3. The molecule has 0 radical (unpaired) electrons. The Morgan fingerprint density at radius 2 is 2.00 bits per heavy atom. The molecule has 0 fully saturated rings. The topological polar surface area (TPSA) is 68.3 Å². The van der Waals surface area contributed by atoms with Crippen molar-refractivity contribution in [1.29, 1.82) is 0 Å². The van der Waals surface area contributed by atoms with Crippen molar-refractivity contribution in [2.75, 3.05) is 5.32 Å². The van der Waals surface area contributed by atoms with E-state index in [0.717, 1.165) is 12.1 Å². The van der Waals surface area contributed by atoms with Crippen LogP contribution in [0.25, 0.3) is 0 Å². The van der Waals surface area contributed by atoms with Gasteiger partial charge in [-0.2, -0.15) is 0 Å². The van der Waals surface area contributed by atoms with E-state index in [-0.39, 0.29) is 16.4 Å². The molecule has 0 saturated carbocycles. The summed E-state index contributed by atoms with van der Waals surface area (Å²) in [4.78, 5) is 27.4. The predicted octanol–water partition coefficient (Wildman–Crippen LogP) is 3.20. The molecule has 120 valence electrons. The lowest BCUT2D eigenvalue weighted by Crippen LogP contribution is -2.30. The first-order valence-electron chi connectivity index (χ1n) is 6.45. The van der Waals surface area contributed by atoms with Gasteiger partial charge in [0.15, 0.2) is 6.10 Å². The maximum Gasteiger partial charge on any atom is 0.340 e. The van der Waals surface area contributed by atoms with Crippen molar-refractivity contribution in [3.8, 4) is 0 Å². The maximum atomic E-state index is 13.5. The average molecular weight is 341 g/mol. The lowest BCUT2D eigenvalue weighted by molar-refractivity contribution is -0.123. The summed E-state index contributed by atoms with van der Waals surface area (Å²) < 4.78 is 31.2. The zero-order chi connectivity index (χ0) is 17.0. The number of amides is 1. The number of hydrogen-bond acceptors (Lipinski definition) is 4. The lowest BCUT2D eigenvalue weighted by Gasteiger charge is -2.13. The molecule has 1 heterocycles. The van der Waals surface area contributed by atoms with E-state index in [1.54, 1.807) is 0 Å². The number of benzene rings is 1. The number of esters is 1. The zero-order valence-electron chi connectivity index (χ0n) is 11.8. The van der Waals surface area contributed by atoms with Gasteiger partial charge >= 0.3 is 5.97 Å². The van der Waals surface area contributed by atoms with Gasteiger partial charge in [0.05, 0.1) is 11.3 Å². The fourth-order valence-electron chi connectivity index (χ4n) is 1.60. The SMILES string of the molecule is CC(OC(=O)c1ccc(Cl)nc1)C(=O)Nc1ccc(F)cc1F. The minimum Gasteiger partial charge on any atom is -0.449 e. The van der Waals surface area contributed by atoms with Gasteiger partial charge in [-0.15, -0.1) is 0 Å². The van der Waals surface area contributed by atoms with Gasteiger partial charge < -0.3 is 10.1 Å². The molecule has 0 spiro atoms. The van der Waals surface area contributed by atoms with Crippen LogP contribution < -0.4 is 5.32 Å². The third-order valence-electron chi connectivity index (χ3n) is 2.81. The third kappa shape index (κ3) is 4.46. The molecule has 1 amide bonds. The first kappa shape index (κ1) is 16.8. The molecule has 0 bridgehead atoms. The van der Waals surface area contributed by atoms with Crippen LogP contribution in [0.2, 0.25) is 5.15 Å². The summed E-state index contributed by atoms with van der Waals surface area (Å²) in [6.07, 6.45) is 0.0113. The van der Waals surface area contributed by atoms with E-state index in [4.69, 9.17) is 16.3 Å². The molecule has 1 aromatic carbocycles. The van der Waals surface area contributed by atoms with E-state index < -0.39 is 29.6 Å². The second-order valence-electron chi connectivity index (χ2n) is 4.53. The number of pyridine rings is 1. The van der Waals surface area contributed by atoms with Gasteiger partial charge in [0, 0.05) is 12.3 Å². The van der Waals surface area contributed by atoms with Gasteiger partial charge in [0.2, 0.25) is 0 Å². The summed E-state index contributed by atoms with van der Waals surface area (Å²) in [6.45, 7) is 1.32. The van der Waals surface area contributed by atoms with Crippen LogP contribution in [0.3, 0.4) is 0 Å². The second-order valence-corrected chi connectivity index (χ2v) is 4.92. The molecule has 5 nitrogen and oxygen atoms in total. The predicted molar refractivity (Wildman–Crippen MR) is 79.1 cm³/mol. The highest BCUT2D eigenvalue weighted by atomic mass is 35.5. The number of carbonyl (C=O) groups is 2. The molecular weight excluding hydrogens is 330 g/mol. The summed E-state index contributed by atoms with van der Waals surface area (Å²) in [5.41, 5.74) is -0.102. The van der Waals surface area contributed by atoms with E-state index in [1.165, 1.54) is 25.3 Å². The number of hydrogen-bond donors (Lipinski definition) is 1. The Morgan fingerprint density at radius 1 is 1.26 bits per heavy atom. The summed E-state index contributed by atoms with van der Waals surface area (Å²) in [5.74, 6) is -3.24. The van der Waals surface area contributed by atoms with Crippen molar-refractivity contribution in [1.82, 2.24) is 4.98 Å². The zero-order valence-corrected chi connectivity index (χ0v) is 12.6. The van der Waals surface area contributed by atoms with Gasteiger partial charge in [-0.1, -0.05) is 11.6 Å². The van der Waals surface area contributed by atoms with Crippen LogP contribution in [0.5, 0.6) is 0 Å². The highest BCUT2D eigenvalue weighted by Gasteiger charge is 2.20. The van der Waals surface area contributed by atoms with Crippen LogP contribution in [0.15, 0.2) is 36.5 Å². The fraction of sp³-hybridized carbons (Fsp3) is 0.133. The molecule has 1 N–H and O–H groups in total. The number of carbonyl (C=O) groups excluding carboxylic acids is 2. The van der Waals surface area contributed by atoms with E-state index in [0.29, 0.717) is 6.07 Å². The molecule has 0 aliphatic carbocycles. The van der Waals surface area contributed by atoms with Gasteiger partial charge in [0.25, 0.3) is 5.91 Å². The Kier molecular flexibility index (Phi) is 5.23. The Hall–Kier alpha value is -2.54. The van der Waals surface area contributed by atoms with Crippen LogP contribution in [-0.4, -0.2) is 23.0 Å². The van der Waals surface area contributed by atoms with Crippen LogP contribution in [0.1, 0.15) is 17.3 Å². The van der Waals surface area contributed by atoms with E-state index in [9.17, 15) is 18.4 Å². The Balaban J connectivity index is 1.99. The number of rotatable bonds is 4. The van der Waals surface area contributed by atoms with Gasteiger partial charge in [-0.25, -0.2) is 18.6 Å². The number of ether oxygens (including phenoxy) is 1. The fourth-order valence-corrected chi connectivity index (χ4v) is 1.72. The summed E-state index contributed by atoms with van der Waals surface area (Å²) >= 11 is 5.60. The molecule has 1 aromatic heterocycles. The summed E-state index contributed by atoms with van der Waals surface area (Å²) in [7, 11) is 0. The molecule has 8 heteroatoms. The van der Waals surface area contributed by atoms with Crippen LogP contribution in [0, 0.1) is 11.6 Å². The van der Waals surface area contributed by atoms with Crippen molar-refractivity contribution >= 4 is 29.2 Å². The number of nitrogens with zero attached hydrogens (tertiary/aromatic N) is 1. The van der Waals surface area contributed by atoms with Crippen molar-refractivity contribution in [3.05, 3.63) is 58.9 Å². The minimum atomic E-state index is -1.19. The molecule has 0 saturated heterocycles. The minimum absolute atomic E-state index is 0.113. The largest absolute Gasteiger partial charge is 0.449 e. The van der Waals surface area contributed by atoms with Crippen molar-refractivity contribution < 1.29 is 23.1 Å². The Bertz CT molecular complexity index is 738. The molecule has 1 unspecified atom stereocenters. The molecule has 0 aliphatic heterocycles. The normalized spacial score (nSPS) is 11.7. The molecule has 23 heavy (non-hydrogen) atoms. The molecule has 0 aliphatic rings. The van der Waals surface area contributed by atoms with Crippen molar-refractivity contribution in [2.45, 2.75) is 13.0 Å². The molecule has 1 atom stereocenters. The number of anilines is 1. The molecule has 2 aromatic rings. The Morgan fingerprint density at radius 3 is 2.61 bits per heavy atom. The third-order valence-corrected chi connectivity index (χ3v) is 3.03. The first-order chi connectivity index (χ1) is 10.9. The Labute approximate surface area is 135 Å². The highest BCUT2D eigenvalue weighted by molar-refractivity contribution is 6.29. The van der Waals surface area contributed by atoms with E-state index in [1.807, 2.05) is 0 Å². The first-order valence-corrected chi connectivity index (χ1v) is 6.83. The van der Waals surface area contributed by atoms with Crippen LogP contribution >= 0.6 is 11.6 Å². The summed E-state index contributed by atoms with van der Waals surface area (Å²) in [5, 5.41) is 2.42. The van der Waals surface area contributed by atoms with Gasteiger partial charge in [-0.05, 0) is 31.2 Å². The maximum absolute atomic E-state index is 13.5. The average Bonchev–Trinajstić information content (AvgIpc) is 2.50. The van der Waals surface area contributed by atoms with Gasteiger partial charge in [-0.3, -0.25) is 4.79 Å². The lowest BCUT2D eigenvalue weighted by atomic mass is 10.2. The summed E-state index contributed by atoms with van der Waals surface area (Å²) in [6, 6.07) is 5.49. The smallest absolute Gasteiger partial charge is 0.340 e. The van der Waals surface area contributed by atoms with Crippen LogP contribution in [0.4, 0.5) is 14.5 Å². The number of nitrogens with one attached hydrogen (secondary N) is 1. The highest BCUT2D eigenvalue weighted by Crippen LogP contribution is 2.16. The van der Waals surface area contributed by atoms with E-state index in [2.05, 4.69) is 10.3 Å².